The summed E-state index contributed by atoms with van der Waals surface area (Å²) in [5.74, 6) is -0.0386. The highest BCUT2D eigenvalue weighted by Crippen LogP contribution is 2.58. The summed E-state index contributed by atoms with van der Waals surface area (Å²) in [7, 11) is 0. The molecule has 9 heteroatoms. The van der Waals surface area contributed by atoms with Gasteiger partial charge in [-0.3, -0.25) is 4.79 Å². The van der Waals surface area contributed by atoms with Gasteiger partial charge in [0.2, 0.25) is 11.9 Å². The number of alkyl halides is 3. The number of aromatic nitrogens is 3. The number of nitrogens with two attached hydrogens (primary N) is 1. The topological polar surface area (TPSA) is 85.3 Å². The van der Waals surface area contributed by atoms with Crippen LogP contribution in [-0.4, -0.2) is 26.7 Å². The standard InChI is InChI=1S/C24H20F3N5O/c25-24(26,27)23(10-11-23)18-5-7-19(8-6-18)29-21(33)13-15-1-3-16(4-2-15)17-9-12-32-20(14-17)30-22(28)31-32/h1-9,12,14H,10-11,13H2,(H2,28,31)(H,29,33). The number of carbonyl (C=O) groups is 1. The van der Waals surface area contributed by atoms with E-state index in [2.05, 4.69) is 15.4 Å². The van der Waals surface area contributed by atoms with Crippen LogP contribution in [0, 0.1) is 0 Å². The van der Waals surface area contributed by atoms with Gasteiger partial charge >= 0.3 is 6.18 Å². The van der Waals surface area contributed by atoms with Crippen molar-refractivity contribution in [3.05, 3.63) is 78.0 Å². The van der Waals surface area contributed by atoms with E-state index in [0.717, 1.165) is 16.7 Å². The monoisotopic (exact) mass is 451 g/mol. The van der Waals surface area contributed by atoms with Crippen LogP contribution in [0.3, 0.4) is 0 Å². The first-order valence-electron chi connectivity index (χ1n) is 10.4. The zero-order valence-electron chi connectivity index (χ0n) is 17.4. The van der Waals surface area contributed by atoms with Crippen LogP contribution in [0.4, 0.5) is 24.8 Å². The summed E-state index contributed by atoms with van der Waals surface area (Å²) in [5.41, 5.74) is 7.97. The Kier molecular flexibility index (Phi) is 4.84. The minimum absolute atomic E-state index is 0.110. The van der Waals surface area contributed by atoms with Gasteiger partial charge in [0.15, 0.2) is 5.65 Å². The second kappa shape index (κ2) is 7.61. The molecule has 2 aromatic carbocycles. The summed E-state index contributed by atoms with van der Waals surface area (Å²) >= 11 is 0. The largest absolute Gasteiger partial charge is 0.398 e. The van der Waals surface area contributed by atoms with E-state index < -0.39 is 11.6 Å². The van der Waals surface area contributed by atoms with Crippen LogP contribution in [0.5, 0.6) is 0 Å². The normalized spacial score (nSPS) is 14.9. The van der Waals surface area contributed by atoms with Crippen LogP contribution in [-0.2, 0) is 16.6 Å². The lowest BCUT2D eigenvalue weighted by Crippen LogP contribution is -2.28. The highest BCUT2D eigenvalue weighted by Gasteiger charge is 2.64. The molecule has 4 aromatic rings. The number of hydrogen-bond acceptors (Lipinski definition) is 4. The summed E-state index contributed by atoms with van der Waals surface area (Å²) in [4.78, 5) is 16.6. The number of amides is 1. The van der Waals surface area contributed by atoms with Crippen molar-refractivity contribution in [2.24, 2.45) is 0 Å². The summed E-state index contributed by atoms with van der Waals surface area (Å²) in [6.45, 7) is 0. The van der Waals surface area contributed by atoms with Gasteiger partial charge in [-0.2, -0.15) is 18.2 Å². The van der Waals surface area contributed by atoms with Crippen LogP contribution >= 0.6 is 0 Å². The minimum Gasteiger partial charge on any atom is -0.366 e. The molecule has 2 heterocycles. The maximum Gasteiger partial charge on any atom is 0.398 e. The average molecular weight is 451 g/mol. The lowest BCUT2D eigenvalue weighted by molar-refractivity contribution is -0.160. The molecule has 0 saturated heterocycles. The fourth-order valence-corrected chi connectivity index (χ4v) is 4.02. The molecule has 0 radical (unpaired) electrons. The molecule has 0 atom stereocenters. The lowest BCUT2D eigenvalue weighted by Gasteiger charge is -2.19. The Labute approximate surface area is 187 Å². The Balaban J connectivity index is 1.23. The number of benzene rings is 2. The second-order valence-electron chi connectivity index (χ2n) is 8.27. The van der Waals surface area contributed by atoms with Crippen molar-refractivity contribution in [2.45, 2.75) is 30.9 Å². The third-order valence-corrected chi connectivity index (χ3v) is 6.02. The van der Waals surface area contributed by atoms with E-state index in [-0.39, 0.29) is 36.7 Å². The number of fused-ring (bicyclic) bond motifs is 1. The first-order chi connectivity index (χ1) is 15.7. The van der Waals surface area contributed by atoms with Gasteiger partial charge in [0, 0.05) is 11.9 Å². The van der Waals surface area contributed by atoms with E-state index in [0.29, 0.717) is 11.3 Å². The fraction of sp³-hybridized carbons (Fsp3) is 0.208. The Morgan fingerprint density at radius 1 is 1.03 bits per heavy atom. The van der Waals surface area contributed by atoms with Gasteiger partial charge in [-0.05, 0) is 59.4 Å². The maximum absolute atomic E-state index is 13.3. The Hall–Kier alpha value is -3.88. The molecule has 0 spiro atoms. The smallest absolute Gasteiger partial charge is 0.366 e. The molecule has 1 fully saturated rings. The molecule has 5 rings (SSSR count). The predicted octanol–water partition coefficient (Wildman–Crippen LogP) is 4.75. The molecular weight excluding hydrogens is 431 g/mol. The molecule has 0 aliphatic heterocycles. The molecule has 1 aliphatic rings. The summed E-state index contributed by atoms with van der Waals surface area (Å²) in [6.07, 6.45) is -2.11. The molecule has 168 valence electrons. The zero-order valence-corrected chi connectivity index (χ0v) is 17.4. The second-order valence-corrected chi connectivity index (χ2v) is 8.27. The molecule has 3 N–H and O–H groups in total. The number of halogens is 3. The number of anilines is 2. The van der Waals surface area contributed by atoms with E-state index in [1.54, 1.807) is 10.7 Å². The van der Waals surface area contributed by atoms with Crippen LogP contribution in [0.2, 0.25) is 0 Å². The van der Waals surface area contributed by atoms with E-state index in [9.17, 15) is 18.0 Å². The number of hydrogen-bond donors (Lipinski definition) is 2. The van der Waals surface area contributed by atoms with Crippen LogP contribution in [0.1, 0.15) is 24.0 Å². The first-order valence-corrected chi connectivity index (χ1v) is 10.4. The third kappa shape index (κ3) is 4.02. The van der Waals surface area contributed by atoms with Crippen LogP contribution in [0.25, 0.3) is 16.8 Å². The first kappa shape index (κ1) is 21.0. The van der Waals surface area contributed by atoms with E-state index >= 15 is 0 Å². The van der Waals surface area contributed by atoms with Gasteiger partial charge in [-0.15, -0.1) is 5.10 Å². The minimum atomic E-state index is -4.25. The van der Waals surface area contributed by atoms with Crippen LogP contribution < -0.4 is 11.1 Å². The molecule has 33 heavy (non-hydrogen) atoms. The fourth-order valence-electron chi connectivity index (χ4n) is 4.02. The summed E-state index contributed by atoms with van der Waals surface area (Å²) < 4.78 is 41.4. The van der Waals surface area contributed by atoms with Gasteiger partial charge in [0.25, 0.3) is 0 Å². The number of nitrogens with one attached hydrogen (secondary N) is 1. The number of pyridine rings is 1. The van der Waals surface area contributed by atoms with Gasteiger partial charge < -0.3 is 11.1 Å². The number of nitrogen functional groups attached to an aromatic ring is 1. The van der Waals surface area contributed by atoms with Crippen molar-refractivity contribution >= 4 is 23.2 Å². The lowest BCUT2D eigenvalue weighted by atomic mass is 9.95. The van der Waals surface area contributed by atoms with Crippen molar-refractivity contribution in [1.29, 1.82) is 0 Å². The van der Waals surface area contributed by atoms with Gasteiger partial charge in [0.05, 0.1) is 11.8 Å². The zero-order chi connectivity index (χ0) is 23.2. The molecule has 1 aliphatic carbocycles. The van der Waals surface area contributed by atoms with Crippen molar-refractivity contribution in [3.8, 4) is 11.1 Å². The number of carbonyl (C=O) groups excluding carboxylic acids is 1. The maximum atomic E-state index is 13.3. The van der Waals surface area contributed by atoms with E-state index in [1.165, 1.54) is 24.3 Å². The summed E-state index contributed by atoms with van der Waals surface area (Å²) in [5, 5.41) is 6.80. The predicted molar refractivity (Wildman–Crippen MR) is 119 cm³/mol. The molecule has 0 bridgehead atoms. The van der Waals surface area contributed by atoms with Gasteiger partial charge in [0.1, 0.15) is 0 Å². The van der Waals surface area contributed by atoms with Crippen molar-refractivity contribution in [3.63, 3.8) is 0 Å². The highest BCUT2D eigenvalue weighted by atomic mass is 19.4. The molecule has 6 nitrogen and oxygen atoms in total. The molecule has 0 unspecified atom stereocenters. The Morgan fingerprint density at radius 3 is 2.36 bits per heavy atom. The van der Waals surface area contributed by atoms with Crippen molar-refractivity contribution in [2.75, 3.05) is 11.1 Å². The van der Waals surface area contributed by atoms with Crippen molar-refractivity contribution in [1.82, 2.24) is 14.6 Å². The van der Waals surface area contributed by atoms with Crippen molar-refractivity contribution < 1.29 is 18.0 Å². The van der Waals surface area contributed by atoms with Gasteiger partial charge in [-0.1, -0.05) is 36.4 Å². The molecule has 1 amide bonds. The molecule has 1 saturated carbocycles. The number of nitrogens with zero attached hydrogens (tertiary/aromatic N) is 3. The quantitative estimate of drug-likeness (QED) is 0.459. The Bertz CT molecular complexity index is 1320. The van der Waals surface area contributed by atoms with E-state index in [1.807, 2.05) is 36.4 Å². The number of rotatable bonds is 5. The molecule has 2 aromatic heterocycles. The summed E-state index contributed by atoms with van der Waals surface area (Å²) in [6, 6.07) is 17.3. The average Bonchev–Trinajstić information content (AvgIpc) is 3.51. The third-order valence-electron chi connectivity index (χ3n) is 6.02. The SMILES string of the molecule is Nc1nc2cc(-c3ccc(CC(=O)Nc4ccc(C5(C(F)(F)F)CC5)cc4)cc3)ccn2n1. The Morgan fingerprint density at radius 2 is 1.73 bits per heavy atom. The van der Waals surface area contributed by atoms with Crippen LogP contribution in [0.15, 0.2) is 66.9 Å². The highest BCUT2D eigenvalue weighted by molar-refractivity contribution is 5.92. The molecular formula is C24H20F3N5O. The van der Waals surface area contributed by atoms with E-state index in [4.69, 9.17) is 5.73 Å². The van der Waals surface area contributed by atoms with Gasteiger partial charge in [-0.25, -0.2) is 4.52 Å².